The van der Waals surface area contributed by atoms with Crippen LogP contribution >= 0.6 is 22.6 Å². The molecule has 1 aliphatic rings. The summed E-state index contributed by atoms with van der Waals surface area (Å²) in [7, 11) is 0. The number of halogens is 1. The summed E-state index contributed by atoms with van der Waals surface area (Å²) in [6.07, 6.45) is 3.53. The molecule has 5 heteroatoms. The molecule has 0 bridgehead atoms. The van der Waals surface area contributed by atoms with Crippen molar-refractivity contribution in [2.45, 2.75) is 45.1 Å². The number of hydrogen-bond donors (Lipinski definition) is 2. The fourth-order valence-electron chi connectivity index (χ4n) is 2.21. The Kier molecular flexibility index (Phi) is 4.81. The monoisotopic (exact) mass is 408 g/mol. The second kappa shape index (κ2) is 6.81. The number of hydrogen-bond acceptors (Lipinski definition) is 4. The maximum atomic E-state index is 4.68. The van der Waals surface area contributed by atoms with Gasteiger partial charge in [0, 0.05) is 21.6 Å². The zero-order chi connectivity index (χ0) is 15.5. The van der Waals surface area contributed by atoms with Gasteiger partial charge in [0.25, 0.3) is 0 Å². The number of nitrogens with one attached hydrogen (secondary N) is 2. The van der Waals surface area contributed by atoms with E-state index in [1.165, 1.54) is 16.4 Å². The topological polar surface area (TPSA) is 49.8 Å². The van der Waals surface area contributed by atoms with Gasteiger partial charge < -0.3 is 10.6 Å². The maximum Gasteiger partial charge on any atom is 0.225 e. The largest absolute Gasteiger partial charge is 0.352 e. The minimum absolute atomic E-state index is 0.374. The molecule has 2 N–H and O–H groups in total. The molecule has 2 aromatic rings. The zero-order valence-corrected chi connectivity index (χ0v) is 15.1. The van der Waals surface area contributed by atoms with E-state index in [1.807, 2.05) is 12.1 Å². The summed E-state index contributed by atoms with van der Waals surface area (Å²) in [5, 5.41) is 6.82. The van der Waals surface area contributed by atoms with Gasteiger partial charge in [-0.2, -0.15) is 4.98 Å². The molecule has 1 aliphatic carbocycles. The molecule has 0 spiro atoms. The van der Waals surface area contributed by atoms with Gasteiger partial charge in [-0.25, -0.2) is 4.98 Å². The lowest BCUT2D eigenvalue weighted by molar-refractivity contribution is 0.750. The third-order valence-corrected chi connectivity index (χ3v) is 4.81. The van der Waals surface area contributed by atoms with E-state index >= 15 is 0 Å². The highest BCUT2D eigenvalue weighted by Gasteiger charge is 2.26. The molecule has 1 fully saturated rings. The second-order valence-electron chi connectivity index (χ2n) is 5.83. The molecule has 116 valence electrons. The lowest BCUT2D eigenvalue weighted by Gasteiger charge is -2.15. The van der Waals surface area contributed by atoms with Crippen molar-refractivity contribution in [1.82, 2.24) is 9.97 Å². The molecular weight excluding hydrogens is 387 g/mol. The predicted octanol–water partition coefficient (Wildman–Crippen LogP) is 4.91. The van der Waals surface area contributed by atoms with E-state index in [9.17, 15) is 0 Å². The summed E-state index contributed by atoms with van der Waals surface area (Å²) in [6, 6.07) is 10.7. The minimum Gasteiger partial charge on any atom is -0.352 e. The average molecular weight is 408 g/mol. The zero-order valence-electron chi connectivity index (χ0n) is 12.9. The molecule has 0 amide bonds. The van der Waals surface area contributed by atoms with Gasteiger partial charge >= 0.3 is 0 Å². The molecule has 4 nitrogen and oxygen atoms in total. The van der Waals surface area contributed by atoms with Crippen molar-refractivity contribution >= 4 is 40.0 Å². The van der Waals surface area contributed by atoms with E-state index in [1.54, 1.807) is 0 Å². The van der Waals surface area contributed by atoms with Crippen molar-refractivity contribution in [1.29, 1.82) is 0 Å². The SMILES string of the molecule is CC[C@H](C)Nc1nc(Nc2ccccc2I)cc(C2CC2)n1. The summed E-state index contributed by atoms with van der Waals surface area (Å²) >= 11 is 2.33. The van der Waals surface area contributed by atoms with E-state index in [0.29, 0.717) is 12.0 Å². The first-order valence-electron chi connectivity index (χ1n) is 7.82. The number of para-hydroxylation sites is 1. The molecule has 22 heavy (non-hydrogen) atoms. The molecule has 1 heterocycles. The molecule has 0 radical (unpaired) electrons. The van der Waals surface area contributed by atoms with Crippen LogP contribution in [-0.2, 0) is 0 Å². The number of nitrogens with zero attached hydrogens (tertiary/aromatic N) is 2. The van der Waals surface area contributed by atoms with Crippen LogP contribution in [0, 0.1) is 3.57 Å². The molecule has 0 unspecified atom stereocenters. The highest BCUT2D eigenvalue weighted by atomic mass is 127. The molecule has 3 rings (SSSR count). The summed E-state index contributed by atoms with van der Waals surface area (Å²) in [6.45, 7) is 4.31. The second-order valence-corrected chi connectivity index (χ2v) is 7.00. The summed E-state index contributed by atoms with van der Waals surface area (Å²) in [4.78, 5) is 9.31. The summed E-state index contributed by atoms with van der Waals surface area (Å²) in [5.74, 6) is 2.20. The van der Waals surface area contributed by atoms with E-state index in [4.69, 9.17) is 0 Å². The normalized spacial score (nSPS) is 15.4. The van der Waals surface area contributed by atoms with Crippen molar-refractivity contribution < 1.29 is 0 Å². The maximum absolute atomic E-state index is 4.68. The van der Waals surface area contributed by atoms with Gasteiger partial charge in [0.1, 0.15) is 5.82 Å². The van der Waals surface area contributed by atoms with Crippen molar-refractivity contribution in [2.24, 2.45) is 0 Å². The van der Waals surface area contributed by atoms with E-state index in [0.717, 1.165) is 29.6 Å². The van der Waals surface area contributed by atoms with Crippen LogP contribution < -0.4 is 10.6 Å². The van der Waals surface area contributed by atoms with Gasteiger partial charge in [0.2, 0.25) is 5.95 Å². The van der Waals surface area contributed by atoms with Crippen LogP contribution in [0.4, 0.5) is 17.5 Å². The highest BCUT2D eigenvalue weighted by Crippen LogP contribution is 2.40. The number of benzene rings is 1. The van der Waals surface area contributed by atoms with Crippen LogP contribution in [0.2, 0.25) is 0 Å². The van der Waals surface area contributed by atoms with Crippen molar-refractivity contribution in [2.75, 3.05) is 10.6 Å². The number of rotatable bonds is 6. The molecule has 1 saturated carbocycles. The third kappa shape index (κ3) is 3.88. The molecule has 0 aliphatic heterocycles. The van der Waals surface area contributed by atoms with E-state index in [2.05, 4.69) is 75.2 Å². The van der Waals surface area contributed by atoms with E-state index in [-0.39, 0.29) is 0 Å². The Balaban J connectivity index is 1.87. The van der Waals surface area contributed by atoms with Gasteiger partial charge in [0.05, 0.1) is 11.4 Å². The fraction of sp³-hybridized carbons (Fsp3) is 0.412. The summed E-state index contributed by atoms with van der Waals surface area (Å²) < 4.78 is 1.18. The van der Waals surface area contributed by atoms with Gasteiger partial charge in [-0.1, -0.05) is 19.1 Å². The standard InChI is InChI=1S/C17H21IN4/c1-3-11(2)19-17-21-15(12-8-9-12)10-16(22-17)20-14-7-5-4-6-13(14)18/h4-7,10-12H,3,8-9H2,1-2H3,(H2,19,20,21,22)/t11-/m0/s1. The lowest BCUT2D eigenvalue weighted by Crippen LogP contribution is -2.16. The Morgan fingerprint density at radius 3 is 2.73 bits per heavy atom. The number of anilines is 3. The van der Waals surface area contributed by atoms with Crippen LogP contribution in [0.3, 0.4) is 0 Å². The fourth-order valence-corrected chi connectivity index (χ4v) is 2.73. The van der Waals surface area contributed by atoms with E-state index < -0.39 is 0 Å². The van der Waals surface area contributed by atoms with Crippen LogP contribution in [-0.4, -0.2) is 16.0 Å². The van der Waals surface area contributed by atoms with Gasteiger partial charge in [-0.05, 0) is 60.9 Å². The minimum atomic E-state index is 0.374. The van der Waals surface area contributed by atoms with Crippen molar-refractivity contribution in [3.05, 3.63) is 39.6 Å². The Bertz CT molecular complexity index is 655. The van der Waals surface area contributed by atoms with Crippen molar-refractivity contribution in [3.63, 3.8) is 0 Å². The quantitative estimate of drug-likeness (QED) is 0.667. The molecule has 1 atom stereocenters. The Labute approximate surface area is 145 Å². The molecule has 0 saturated heterocycles. The van der Waals surface area contributed by atoms with Crippen LogP contribution in [0.15, 0.2) is 30.3 Å². The lowest BCUT2D eigenvalue weighted by atomic mass is 10.2. The van der Waals surface area contributed by atoms with Gasteiger partial charge in [-0.3, -0.25) is 0 Å². The Hall–Kier alpha value is -1.37. The highest BCUT2D eigenvalue weighted by molar-refractivity contribution is 14.1. The Morgan fingerprint density at radius 1 is 1.27 bits per heavy atom. The molecule has 1 aromatic carbocycles. The smallest absolute Gasteiger partial charge is 0.225 e. The predicted molar refractivity (Wildman–Crippen MR) is 99.8 cm³/mol. The van der Waals surface area contributed by atoms with Crippen LogP contribution in [0.25, 0.3) is 0 Å². The average Bonchev–Trinajstić information content (AvgIpc) is 3.34. The summed E-state index contributed by atoms with van der Waals surface area (Å²) in [5.41, 5.74) is 2.23. The van der Waals surface area contributed by atoms with Crippen LogP contribution in [0.1, 0.15) is 44.7 Å². The Morgan fingerprint density at radius 2 is 2.05 bits per heavy atom. The van der Waals surface area contributed by atoms with Gasteiger partial charge in [-0.15, -0.1) is 0 Å². The third-order valence-electron chi connectivity index (χ3n) is 3.87. The first-order valence-corrected chi connectivity index (χ1v) is 8.90. The molecule has 1 aromatic heterocycles. The van der Waals surface area contributed by atoms with Crippen molar-refractivity contribution in [3.8, 4) is 0 Å². The van der Waals surface area contributed by atoms with Gasteiger partial charge in [0.15, 0.2) is 0 Å². The molecular formula is C17H21IN4. The first-order chi connectivity index (χ1) is 10.7. The first kappa shape index (κ1) is 15.5. The van der Waals surface area contributed by atoms with Crippen LogP contribution in [0.5, 0.6) is 0 Å². The number of aromatic nitrogens is 2.